The van der Waals surface area contributed by atoms with Gasteiger partial charge in [-0.25, -0.2) is 4.98 Å². The quantitative estimate of drug-likeness (QED) is 0.237. The van der Waals surface area contributed by atoms with Crippen molar-refractivity contribution in [3.63, 3.8) is 0 Å². The minimum atomic E-state index is -4.78. The van der Waals surface area contributed by atoms with Crippen LogP contribution in [0.4, 0.5) is 24.5 Å². The van der Waals surface area contributed by atoms with E-state index in [1.165, 1.54) is 24.7 Å². The second kappa shape index (κ2) is 10.1. The summed E-state index contributed by atoms with van der Waals surface area (Å²) in [5, 5.41) is 22.3. The zero-order chi connectivity index (χ0) is 28.8. The van der Waals surface area contributed by atoms with Crippen LogP contribution in [0, 0.1) is 30.9 Å². The summed E-state index contributed by atoms with van der Waals surface area (Å²) in [6.07, 6.45) is -3.57. The second-order valence-corrected chi connectivity index (χ2v) is 9.66. The van der Waals surface area contributed by atoms with Crippen molar-refractivity contribution in [2.24, 2.45) is 5.73 Å². The molecule has 0 unspecified atom stereocenters. The van der Waals surface area contributed by atoms with E-state index in [4.69, 9.17) is 5.73 Å². The van der Waals surface area contributed by atoms with Crippen LogP contribution in [0.3, 0.4) is 0 Å². The predicted octanol–water partition coefficient (Wildman–Crippen LogP) is 4.36. The minimum Gasteiger partial charge on any atom is -0.365 e. The van der Waals surface area contributed by atoms with Crippen LogP contribution in [0.2, 0.25) is 0 Å². The van der Waals surface area contributed by atoms with Gasteiger partial charge in [0.05, 0.1) is 23.4 Å². The van der Waals surface area contributed by atoms with Gasteiger partial charge in [0.2, 0.25) is 5.91 Å². The summed E-state index contributed by atoms with van der Waals surface area (Å²) in [4.78, 5) is 39.4. The number of thiophene rings is 1. The molecule has 2 amide bonds. The molecule has 4 rings (SSSR count). The summed E-state index contributed by atoms with van der Waals surface area (Å²) in [7, 11) is 0. The normalized spacial score (nSPS) is 11.8. The molecule has 206 valence electrons. The van der Waals surface area contributed by atoms with Crippen molar-refractivity contribution >= 4 is 44.7 Å². The third-order valence-electron chi connectivity index (χ3n) is 6.21. The zero-order valence-electron chi connectivity index (χ0n) is 21.2. The van der Waals surface area contributed by atoms with E-state index in [1.807, 2.05) is 6.92 Å². The maximum Gasteiger partial charge on any atom is 0.433 e. The molecule has 0 aliphatic heterocycles. The lowest BCUT2D eigenvalue weighted by Crippen LogP contribution is -2.18. The number of rotatable bonds is 8. The first-order valence-corrected chi connectivity index (χ1v) is 12.4. The van der Waals surface area contributed by atoms with Gasteiger partial charge in [0, 0.05) is 29.6 Å². The number of nitrogens with one attached hydrogen (secondary N) is 1. The zero-order valence-corrected chi connectivity index (χ0v) is 22.0. The molecule has 0 fully saturated rings. The van der Waals surface area contributed by atoms with Crippen LogP contribution in [-0.2, 0) is 24.1 Å². The third-order valence-corrected chi connectivity index (χ3v) is 7.31. The van der Waals surface area contributed by atoms with Gasteiger partial charge in [0.1, 0.15) is 26.8 Å². The first kappa shape index (κ1) is 27.7. The summed E-state index contributed by atoms with van der Waals surface area (Å²) in [6, 6.07) is 0.856. The smallest absolute Gasteiger partial charge is 0.365 e. The number of nitrogens with two attached hydrogens (primary N) is 1. The van der Waals surface area contributed by atoms with Crippen molar-refractivity contribution in [3.05, 3.63) is 50.0 Å². The van der Waals surface area contributed by atoms with Crippen molar-refractivity contribution in [3.8, 4) is 11.1 Å². The number of aryl methyl sites for hydroxylation is 3. The topological polar surface area (TPSA) is 164 Å². The average molecular weight is 565 g/mol. The molecule has 0 saturated heterocycles. The molecular formula is C23H23F3N8O4S. The Morgan fingerprint density at radius 3 is 2.41 bits per heavy atom. The number of primary amides is 1. The summed E-state index contributed by atoms with van der Waals surface area (Å²) in [5.41, 5.74) is 5.62. The van der Waals surface area contributed by atoms with Crippen LogP contribution < -0.4 is 11.1 Å². The van der Waals surface area contributed by atoms with E-state index in [0.717, 1.165) is 6.07 Å². The minimum absolute atomic E-state index is 0.0218. The number of nitrogens with zero attached hydrogens (tertiary/aromatic N) is 6. The fourth-order valence-electron chi connectivity index (χ4n) is 4.36. The van der Waals surface area contributed by atoms with Crippen LogP contribution >= 0.6 is 11.3 Å². The van der Waals surface area contributed by atoms with Crippen LogP contribution in [-0.4, -0.2) is 41.3 Å². The monoisotopic (exact) mass is 564 g/mol. The van der Waals surface area contributed by atoms with Crippen LogP contribution in [0.5, 0.6) is 0 Å². The molecule has 0 aliphatic carbocycles. The number of hydrogen-bond acceptors (Lipinski definition) is 8. The van der Waals surface area contributed by atoms with Crippen LogP contribution in [0.25, 0.3) is 21.3 Å². The van der Waals surface area contributed by atoms with Gasteiger partial charge in [-0.1, -0.05) is 0 Å². The lowest BCUT2D eigenvalue weighted by molar-refractivity contribution is -0.386. The number of aromatic nitrogens is 5. The standard InChI is InChI=1S/C23H23F3N8O4S/c1-5-32-11(3)14(9-28-32)13-8-15(23(24,25)26)29-22-17(13)18(20(39-22)21(27)36)30-16(35)6-7-33-12(4)19(34(37)38)10(2)31-33/h8-9H,5-7H2,1-4H3,(H2,27,36)(H,30,35). The molecule has 0 atom stereocenters. The molecule has 0 aliphatic rings. The highest BCUT2D eigenvalue weighted by atomic mass is 32.1. The molecule has 0 aromatic carbocycles. The predicted molar refractivity (Wildman–Crippen MR) is 136 cm³/mol. The highest BCUT2D eigenvalue weighted by Gasteiger charge is 2.35. The summed E-state index contributed by atoms with van der Waals surface area (Å²) in [6.45, 7) is 6.94. The third kappa shape index (κ3) is 5.06. The summed E-state index contributed by atoms with van der Waals surface area (Å²) in [5.74, 6) is -1.57. The number of amides is 2. The Bertz CT molecular complexity index is 1640. The van der Waals surface area contributed by atoms with Crippen LogP contribution in [0.1, 0.15) is 45.8 Å². The van der Waals surface area contributed by atoms with Crippen molar-refractivity contribution in [1.29, 1.82) is 0 Å². The van der Waals surface area contributed by atoms with E-state index in [0.29, 0.717) is 29.1 Å². The van der Waals surface area contributed by atoms with Gasteiger partial charge in [0.25, 0.3) is 5.91 Å². The molecule has 0 saturated carbocycles. The summed E-state index contributed by atoms with van der Waals surface area (Å²) >= 11 is 0.637. The van der Waals surface area contributed by atoms with Crippen molar-refractivity contribution in [2.75, 3.05) is 5.32 Å². The molecule has 12 nitrogen and oxygen atoms in total. The maximum atomic E-state index is 13.7. The molecule has 16 heteroatoms. The van der Waals surface area contributed by atoms with Gasteiger partial charge in [-0.3, -0.25) is 29.1 Å². The highest BCUT2D eigenvalue weighted by molar-refractivity contribution is 7.21. The molecule has 3 N–H and O–H groups in total. The Hall–Kier alpha value is -4.34. The molecule has 0 spiro atoms. The Labute approximate surface area is 222 Å². The van der Waals surface area contributed by atoms with E-state index in [1.54, 1.807) is 11.6 Å². The molecule has 0 radical (unpaired) electrons. The molecule has 4 aromatic heterocycles. The highest BCUT2D eigenvalue weighted by Crippen LogP contribution is 2.44. The second-order valence-electron chi connectivity index (χ2n) is 8.66. The first-order chi connectivity index (χ1) is 18.2. The molecular weight excluding hydrogens is 541 g/mol. The van der Waals surface area contributed by atoms with E-state index in [2.05, 4.69) is 20.5 Å². The van der Waals surface area contributed by atoms with E-state index in [-0.39, 0.29) is 56.4 Å². The number of pyridine rings is 1. The summed E-state index contributed by atoms with van der Waals surface area (Å²) < 4.78 is 44.1. The van der Waals surface area contributed by atoms with E-state index in [9.17, 15) is 32.9 Å². The number of carbonyl (C=O) groups excluding carboxylic acids is 2. The van der Waals surface area contributed by atoms with E-state index < -0.39 is 28.6 Å². The SMILES string of the molecule is CCn1ncc(-c2cc(C(F)(F)F)nc3sc(C(N)=O)c(NC(=O)CCn4nc(C)c([N+](=O)[O-])c4C)c23)c1C. The number of anilines is 1. The largest absolute Gasteiger partial charge is 0.433 e. The number of hydrogen-bond donors (Lipinski definition) is 2. The Morgan fingerprint density at radius 1 is 1.18 bits per heavy atom. The van der Waals surface area contributed by atoms with Crippen molar-refractivity contribution in [2.45, 2.75) is 53.4 Å². The lowest BCUT2D eigenvalue weighted by atomic mass is 10.0. The molecule has 4 aromatic rings. The van der Waals surface area contributed by atoms with Gasteiger partial charge in [-0.15, -0.1) is 11.3 Å². The van der Waals surface area contributed by atoms with Gasteiger partial charge >= 0.3 is 11.9 Å². The average Bonchev–Trinajstić information content (AvgIpc) is 3.49. The number of carbonyl (C=O) groups is 2. The van der Waals surface area contributed by atoms with Crippen molar-refractivity contribution in [1.82, 2.24) is 24.5 Å². The van der Waals surface area contributed by atoms with Gasteiger partial charge in [-0.05, 0) is 39.3 Å². The molecule has 39 heavy (non-hydrogen) atoms. The lowest BCUT2D eigenvalue weighted by Gasteiger charge is -2.12. The fraction of sp³-hybridized carbons (Fsp3) is 0.348. The maximum absolute atomic E-state index is 13.7. The number of halogens is 3. The fourth-order valence-corrected chi connectivity index (χ4v) is 5.36. The number of fused-ring (bicyclic) bond motifs is 1. The van der Waals surface area contributed by atoms with Crippen LogP contribution in [0.15, 0.2) is 12.3 Å². The Kier molecular flexibility index (Phi) is 7.16. The Balaban J connectivity index is 1.80. The number of nitro groups is 1. The van der Waals surface area contributed by atoms with Gasteiger partial charge in [0.15, 0.2) is 0 Å². The number of alkyl halides is 3. The molecule has 0 bridgehead atoms. The Morgan fingerprint density at radius 2 is 1.87 bits per heavy atom. The molecule has 4 heterocycles. The van der Waals surface area contributed by atoms with E-state index >= 15 is 0 Å². The van der Waals surface area contributed by atoms with Crippen molar-refractivity contribution < 1.29 is 27.7 Å². The van der Waals surface area contributed by atoms with Gasteiger partial charge < -0.3 is 11.1 Å². The first-order valence-electron chi connectivity index (χ1n) is 11.6. The van der Waals surface area contributed by atoms with Gasteiger partial charge in [-0.2, -0.15) is 23.4 Å².